The summed E-state index contributed by atoms with van der Waals surface area (Å²) in [5.41, 5.74) is -1.04. The van der Waals surface area contributed by atoms with Crippen molar-refractivity contribution >= 4 is 11.6 Å². The number of alkyl halides is 4. The molecule has 2 saturated carbocycles. The third-order valence-corrected chi connectivity index (χ3v) is 7.59. The minimum absolute atomic E-state index is 0.0559. The Bertz CT molecular complexity index is 1230. The average molecular weight is 511 g/mol. The SMILES string of the molecule is C[C@@H](NC(=O)c1cn(C2CC(F)(F)C2)c(=O)cc1N[C@H]1[C@@H]2CN(C)C[C@@H]21)c1cccc(C(F)F)c1F. The number of rotatable bonds is 7. The molecule has 1 aliphatic heterocycles. The predicted molar refractivity (Wildman–Crippen MR) is 123 cm³/mol. The van der Waals surface area contributed by atoms with E-state index in [-0.39, 0.29) is 22.9 Å². The zero-order chi connectivity index (χ0) is 25.9. The monoisotopic (exact) mass is 510 g/mol. The molecule has 6 nitrogen and oxygen atoms in total. The largest absolute Gasteiger partial charge is 0.381 e. The number of aromatic nitrogens is 1. The number of carbonyl (C=O) groups is 1. The molecule has 194 valence electrons. The fourth-order valence-electron chi connectivity index (χ4n) is 5.51. The van der Waals surface area contributed by atoms with Crippen LogP contribution in [0.4, 0.5) is 27.6 Å². The standard InChI is InChI=1S/C25H27F5N4O2/c1-12(14-4-3-5-15(21(14)26)23(27)28)31-24(36)18-11-34(13-7-25(29,30)8-13)20(35)6-19(18)32-22-16-9-33(2)10-17(16)22/h3-6,11-13,16-17,22-23,32H,7-10H2,1-2H3,(H,31,36)/t12-,16-,17+,22+/m1/s1. The summed E-state index contributed by atoms with van der Waals surface area (Å²) in [7, 11) is 2.02. The van der Waals surface area contributed by atoms with Gasteiger partial charge in [-0.05, 0) is 25.8 Å². The molecule has 5 rings (SSSR count). The molecule has 4 atom stereocenters. The zero-order valence-electron chi connectivity index (χ0n) is 19.8. The second-order valence-corrected chi connectivity index (χ2v) is 10.2. The highest BCUT2D eigenvalue weighted by Crippen LogP contribution is 2.47. The summed E-state index contributed by atoms with van der Waals surface area (Å²) in [5.74, 6) is -3.87. The van der Waals surface area contributed by atoms with Crippen molar-refractivity contribution < 1.29 is 26.7 Å². The molecule has 2 heterocycles. The van der Waals surface area contributed by atoms with Crippen molar-refractivity contribution in [3.05, 3.63) is 63.3 Å². The van der Waals surface area contributed by atoms with Crippen molar-refractivity contribution in [2.45, 2.75) is 50.2 Å². The Kier molecular flexibility index (Phi) is 6.09. The number of anilines is 1. The Labute approximate surface area is 204 Å². The normalized spacial score (nSPS) is 25.8. The lowest BCUT2D eigenvalue weighted by Gasteiger charge is -2.36. The summed E-state index contributed by atoms with van der Waals surface area (Å²) in [6, 6.07) is 3.19. The topological polar surface area (TPSA) is 66.4 Å². The number of fused-ring (bicyclic) bond motifs is 1. The van der Waals surface area contributed by atoms with Crippen molar-refractivity contribution in [2.75, 3.05) is 25.5 Å². The number of halogens is 5. The molecule has 1 aromatic carbocycles. The van der Waals surface area contributed by atoms with Crippen LogP contribution in [-0.2, 0) is 0 Å². The maximum atomic E-state index is 14.6. The van der Waals surface area contributed by atoms with E-state index in [0.717, 1.165) is 23.7 Å². The highest BCUT2D eigenvalue weighted by molar-refractivity contribution is 5.99. The van der Waals surface area contributed by atoms with E-state index in [0.29, 0.717) is 11.8 Å². The van der Waals surface area contributed by atoms with Crippen LogP contribution < -0.4 is 16.2 Å². The molecule has 2 aromatic rings. The van der Waals surface area contributed by atoms with Gasteiger partial charge in [0.05, 0.1) is 22.9 Å². The van der Waals surface area contributed by atoms with Crippen LogP contribution >= 0.6 is 0 Å². The van der Waals surface area contributed by atoms with E-state index >= 15 is 0 Å². The van der Waals surface area contributed by atoms with E-state index in [1.54, 1.807) is 0 Å². The Morgan fingerprint density at radius 3 is 2.39 bits per heavy atom. The number of carbonyl (C=O) groups excluding carboxylic acids is 1. The quantitative estimate of drug-likeness (QED) is 0.544. The molecular weight excluding hydrogens is 483 g/mol. The summed E-state index contributed by atoms with van der Waals surface area (Å²) in [5, 5.41) is 5.89. The Balaban J connectivity index is 1.42. The lowest BCUT2D eigenvalue weighted by atomic mass is 9.88. The molecule has 11 heteroatoms. The van der Waals surface area contributed by atoms with Gasteiger partial charge in [-0.15, -0.1) is 0 Å². The molecule has 2 aliphatic carbocycles. The Hall–Kier alpha value is -2.95. The van der Waals surface area contributed by atoms with Gasteiger partial charge in [-0.1, -0.05) is 18.2 Å². The smallest absolute Gasteiger partial charge is 0.266 e. The summed E-state index contributed by atoms with van der Waals surface area (Å²) in [6.45, 7) is 3.23. The molecule has 1 aromatic heterocycles. The number of benzene rings is 1. The van der Waals surface area contributed by atoms with Gasteiger partial charge >= 0.3 is 0 Å². The lowest BCUT2D eigenvalue weighted by Crippen LogP contribution is -2.41. The van der Waals surface area contributed by atoms with E-state index in [1.165, 1.54) is 31.3 Å². The first-order valence-electron chi connectivity index (χ1n) is 11.9. The maximum Gasteiger partial charge on any atom is 0.266 e. The van der Waals surface area contributed by atoms with Gasteiger partial charge in [0.1, 0.15) is 5.82 Å². The highest BCUT2D eigenvalue weighted by Gasteiger charge is 2.55. The van der Waals surface area contributed by atoms with Gasteiger partial charge in [-0.25, -0.2) is 22.0 Å². The minimum atomic E-state index is -3.01. The Morgan fingerprint density at radius 2 is 1.78 bits per heavy atom. The van der Waals surface area contributed by atoms with Crippen LogP contribution in [0, 0.1) is 17.7 Å². The molecular formula is C25H27F5N4O2. The second kappa shape index (κ2) is 8.86. The summed E-state index contributed by atoms with van der Waals surface area (Å²) >= 11 is 0. The number of piperidine rings is 1. The molecule has 36 heavy (non-hydrogen) atoms. The van der Waals surface area contributed by atoms with Crippen LogP contribution in [0.5, 0.6) is 0 Å². The molecule has 1 amide bonds. The van der Waals surface area contributed by atoms with Crippen LogP contribution in [-0.4, -0.2) is 47.5 Å². The van der Waals surface area contributed by atoms with Gasteiger partial charge in [0.15, 0.2) is 0 Å². The summed E-state index contributed by atoms with van der Waals surface area (Å²) in [4.78, 5) is 28.3. The first kappa shape index (κ1) is 24.7. The third-order valence-electron chi connectivity index (χ3n) is 7.59. The average Bonchev–Trinajstić information content (AvgIpc) is 3.22. The molecule has 0 radical (unpaired) electrons. The minimum Gasteiger partial charge on any atom is -0.381 e. The van der Waals surface area contributed by atoms with E-state index in [4.69, 9.17) is 0 Å². The number of hydrogen-bond donors (Lipinski definition) is 2. The van der Waals surface area contributed by atoms with Crippen LogP contribution in [0.1, 0.15) is 59.8 Å². The van der Waals surface area contributed by atoms with E-state index in [2.05, 4.69) is 15.5 Å². The zero-order valence-corrected chi connectivity index (χ0v) is 19.8. The van der Waals surface area contributed by atoms with Crippen molar-refractivity contribution in [3.8, 4) is 0 Å². The number of amides is 1. The highest BCUT2D eigenvalue weighted by atomic mass is 19.3. The first-order valence-corrected chi connectivity index (χ1v) is 11.9. The number of pyridine rings is 1. The van der Waals surface area contributed by atoms with Gasteiger partial charge in [-0.3, -0.25) is 9.59 Å². The van der Waals surface area contributed by atoms with E-state index in [9.17, 15) is 31.5 Å². The molecule has 0 bridgehead atoms. The fraction of sp³-hybridized carbons (Fsp3) is 0.520. The van der Waals surface area contributed by atoms with Gasteiger partial charge in [0.25, 0.3) is 23.8 Å². The molecule has 1 saturated heterocycles. The molecule has 3 fully saturated rings. The van der Waals surface area contributed by atoms with Gasteiger partial charge in [-0.2, -0.15) is 0 Å². The molecule has 0 spiro atoms. The predicted octanol–water partition coefficient (Wildman–Crippen LogP) is 4.36. The lowest BCUT2D eigenvalue weighted by molar-refractivity contribution is -0.104. The molecule has 0 unspecified atom stereocenters. The number of nitrogens with zero attached hydrogens (tertiary/aromatic N) is 2. The first-order chi connectivity index (χ1) is 16.9. The maximum absolute atomic E-state index is 14.6. The number of hydrogen-bond acceptors (Lipinski definition) is 4. The fourth-order valence-corrected chi connectivity index (χ4v) is 5.51. The number of nitrogens with one attached hydrogen (secondary N) is 2. The molecule has 3 aliphatic rings. The van der Waals surface area contributed by atoms with Gasteiger partial charge < -0.3 is 20.1 Å². The summed E-state index contributed by atoms with van der Waals surface area (Å²) < 4.78 is 69.0. The van der Waals surface area contributed by atoms with Crippen molar-refractivity contribution in [2.24, 2.45) is 11.8 Å². The Morgan fingerprint density at radius 1 is 1.14 bits per heavy atom. The van der Waals surface area contributed by atoms with Crippen molar-refractivity contribution in [1.82, 2.24) is 14.8 Å². The third kappa shape index (κ3) is 4.49. The second-order valence-electron chi connectivity index (χ2n) is 10.2. The van der Waals surface area contributed by atoms with E-state index < -0.39 is 60.1 Å². The van der Waals surface area contributed by atoms with Crippen LogP contribution in [0.2, 0.25) is 0 Å². The van der Waals surface area contributed by atoms with Crippen LogP contribution in [0.15, 0.2) is 35.3 Å². The number of likely N-dealkylation sites (tertiary alicyclic amines) is 1. The van der Waals surface area contributed by atoms with Gasteiger partial charge in [0, 0.05) is 55.8 Å². The van der Waals surface area contributed by atoms with Crippen molar-refractivity contribution in [3.63, 3.8) is 0 Å². The van der Waals surface area contributed by atoms with Crippen LogP contribution in [0.3, 0.4) is 0 Å². The van der Waals surface area contributed by atoms with Crippen LogP contribution in [0.25, 0.3) is 0 Å². The van der Waals surface area contributed by atoms with E-state index in [1.807, 2.05) is 7.05 Å². The molecule has 2 N–H and O–H groups in total. The van der Waals surface area contributed by atoms with Gasteiger partial charge in [0.2, 0.25) is 0 Å². The van der Waals surface area contributed by atoms with Crippen molar-refractivity contribution in [1.29, 1.82) is 0 Å². The summed E-state index contributed by atoms with van der Waals surface area (Å²) in [6.07, 6.45) is -2.74.